The van der Waals surface area contributed by atoms with Crippen LogP contribution in [0.3, 0.4) is 0 Å². The van der Waals surface area contributed by atoms with Crippen molar-refractivity contribution in [1.29, 1.82) is 0 Å². The number of carbonyl (C=O) groups excluding carboxylic acids is 2. The summed E-state index contributed by atoms with van der Waals surface area (Å²) in [4.78, 5) is 23.0. The zero-order chi connectivity index (χ0) is 16.8. The van der Waals surface area contributed by atoms with Gasteiger partial charge in [0, 0.05) is 0 Å². The van der Waals surface area contributed by atoms with E-state index in [0.29, 0.717) is 12.0 Å². The average Bonchev–Trinajstić information content (AvgIpc) is 2.44. The lowest BCUT2D eigenvalue weighted by Crippen LogP contribution is -2.42. The summed E-state index contributed by atoms with van der Waals surface area (Å²) in [6.07, 6.45) is -0.144. The quantitative estimate of drug-likeness (QED) is 0.812. The molecular formula is C16H23NO5. The van der Waals surface area contributed by atoms with E-state index in [4.69, 9.17) is 4.74 Å². The molecule has 0 aromatic heterocycles. The summed E-state index contributed by atoms with van der Waals surface area (Å²) in [7, 11) is 1.32. The lowest BCUT2D eigenvalue weighted by atomic mass is 10.0. The van der Waals surface area contributed by atoms with Gasteiger partial charge in [-0.15, -0.1) is 0 Å². The van der Waals surface area contributed by atoms with E-state index in [1.165, 1.54) is 7.11 Å². The summed E-state index contributed by atoms with van der Waals surface area (Å²) >= 11 is 0. The molecule has 0 bridgehead atoms. The van der Waals surface area contributed by atoms with Gasteiger partial charge in [-0.25, -0.2) is 9.59 Å². The standard InChI is InChI=1S/C16H23NO5/c1-16(2,3)22-15(20)17-13(10-18)9-11-5-7-12(8-6-11)14(19)21-4/h5-8,13,18H,9-10H2,1-4H3,(H,17,20). The van der Waals surface area contributed by atoms with Gasteiger partial charge in [-0.1, -0.05) is 12.1 Å². The largest absolute Gasteiger partial charge is 0.465 e. The van der Waals surface area contributed by atoms with Crippen molar-refractivity contribution in [3.8, 4) is 0 Å². The fourth-order valence-electron chi connectivity index (χ4n) is 1.81. The summed E-state index contributed by atoms with van der Waals surface area (Å²) in [6.45, 7) is 5.10. The summed E-state index contributed by atoms with van der Waals surface area (Å²) < 4.78 is 9.78. The molecule has 22 heavy (non-hydrogen) atoms. The highest BCUT2D eigenvalue weighted by atomic mass is 16.6. The van der Waals surface area contributed by atoms with Gasteiger partial charge < -0.3 is 19.9 Å². The molecule has 0 radical (unpaired) electrons. The summed E-state index contributed by atoms with van der Waals surface area (Å²) in [5.74, 6) is -0.405. The SMILES string of the molecule is COC(=O)c1ccc(CC(CO)NC(=O)OC(C)(C)C)cc1. The molecule has 0 heterocycles. The second-order valence-corrected chi connectivity index (χ2v) is 5.92. The molecule has 1 rings (SSSR count). The van der Waals surface area contributed by atoms with Gasteiger partial charge in [0.2, 0.25) is 0 Å². The number of hydrogen-bond acceptors (Lipinski definition) is 5. The van der Waals surface area contributed by atoms with Gasteiger partial charge in [0.25, 0.3) is 0 Å². The third-order valence-electron chi connectivity index (χ3n) is 2.80. The summed E-state index contributed by atoms with van der Waals surface area (Å²) in [6, 6.07) is 6.34. The minimum atomic E-state index is -0.591. The molecule has 0 aliphatic rings. The number of esters is 1. The van der Waals surface area contributed by atoms with Crippen molar-refractivity contribution >= 4 is 12.1 Å². The van der Waals surface area contributed by atoms with Crippen molar-refractivity contribution in [2.45, 2.75) is 38.8 Å². The Balaban J connectivity index is 2.62. The summed E-state index contributed by atoms with van der Waals surface area (Å²) in [5.41, 5.74) is 0.737. The molecule has 1 aromatic rings. The molecule has 6 nitrogen and oxygen atoms in total. The third kappa shape index (κ3) is 6.13. The fraction of sp³-hybridized carbons (Fsp3) is 0.500. The molecular weight excluding hydrogens is 286 g/mol. The van der Waals surface area contributed by atoms with Crippen LogP contribution in [0.25, 0.3) is 0 Å². The predicted octanol–water partition coefficient (Wildman–Crippen LogP) is 1.90. The van der Waals surface area contributed by atoms with Crippen LogP contribution in [0.15, 0.2) is 24.3 Å². The number of aliphatic hydroxyl groups is 1. The van der Waals surface area contributed by atoms with E-state index < -0.39 is 23.7 Å². The maximum atomic E-state index is 11.7. The average molecular weight is 309 g/mol. The molecule has 1 aromatic carbocycles. The van der Waals surface area contributed by atoms with Gasteiger partial charge in [-0.05, 0) is 44.9 Å². The molecule has 0 saturated carbocycles. The van der Waals surface area contributed by atoms with Crippen molar-refractivity contribution in [1.82, 2.24) is 5.32 Å². The Hall–Kier alpha value is -2.08. The van der Waals surface area contributed by atoms with E-state index in [2.05, 4.69) is 10.1 Å². The normalized spacial score (nSPS) is 12.4. The smallest absolute Gasteiger partial charge is 0.407 e. The van der Waals surface area contributed by atoms with Gasteiger partial charge >= 0.3 is 12.1 Å². The Bertz CT molecular complexity index is 504. The Kier molecular flexibility index (Phi) is 6.37. The molecule has 1 unspecified atom stereocenters. The first kappa shape index (κ1) is 18.0. The van der Waals surface area contributed by atoms with Crippen molar-refractivity contribution in [3.63, 3.8) is 0 Å². The third-order valence-corrected chi connectivity index (χ3v) is 2.80. The molecule has 122 valence electrons. The minimum absolute atomic E-state index is 0.210. The van der Waals surface area contributed by atoms with E-state index in [9.17, 15) is 14.7 Å². The van der Waals surface area contributed by atoms with Crippen molar-refractivity contribution in [3.05, 3.63) is 35.4 Å². The van der Waals surface area contributed by atoms with E-state index in [0.717, 1.165) is 5.56 Å². The van der Waals surface area contributed by atoms with Crippen LogP contribution in [0.1, 0.15) is 36.7 Å². The van der Waals surface area contributed by atoms with Gasteiger partial charge in [0.1, 0.15) is 5.60 Å². The second kappa shape index (κ2) is 7.79. The van der Waals surface area contributed by atoms with Crippen LogP contribution in [0.2, 0.25) is 0 Å². The molecule has 0 spiro atoms. The van der Waals surface area contributed by atoms with Crippen LogP contribution in [0, 0.1) is 0 Å². The maximum absolute atomic E-state index is 11.7. The zero-order valence-corrected chi connectivity index (χ0v) is 13.4. The number of methoxy groups -OCH3 is 1. The highest BCUT2D eigenvalue weighted by Crippen LogP contribution is 2.10. The molecule has 0 fully saturated rings. The minimum Gasteiger partial charge on any atom is -0.465 e. The van der Waals surface area contributed by atoms with Gasteiger partial charge in [-0.2, -0.15) is 0 Å². The van der Waals surface area contributed by atoms with Crippen LogP contribution in [0.4, 0.5) is 4.79 Å². The van der Waals surface area contributed by atoms with Crippen LogP contribution in [0.5, 0.6) is 0 Å². The molecule has 0 aliphatic heterocycles. The van der Waals surface area contributed by atoms with Crippen molar-refractivity contribution in [2.75, 3.05) is 13.7 Å². The van der Waals surface area contributed by atoms with Crippen LogP contribution in [-0.4, -0.2) is 42.5 Å². The lowest BCUT2D eigenvalue weighted by molar-refractivity contribution is 0.0482. The first-order chi connectivity index (χ1) is 10.2. The highest BCUT2D eigenvalue weighted by Gasteiger charge is 2.19. The van der Waals surface area contributed by atoms with E-state index in [1.807, 2.05) is 0 Å². The molecule has 1 atom stereocenters. The van der Waals surface area contributed by atoms with Crippen molar-refractivity contribution < 1.29 is 24.2 Å². The van der Waals surface area contributed by atoms with Gasteiger partial charge in [0.15, 0.2) is 0 Å². The Labute approximate surface area is 130 Å². The summed E-state index contributed by atoms with van der Waals surface area (Å²) in [5, 5.41) is 12.0. The molecule has 1 amide bonds. The number of ether oxygens (including phenoxy) is 2. The molecule has 0 aliphatic carbocycles. The van der Waals surface area contributed by atoms with Gasteiger partial charge in [-0.3, -0.25) is 0 Å². The van der Waals surface area contributed by atoms with E-state index >= 15 is 0 Å². The highest BCUT2D eigenvalue weighted by molar-refractivity contribution is 5.89. The Morgan fingerprint density at radius 3 is 2.27 bits per heavy atom. The van der Waals surface area contributed by atoms with Crippen LogP contribution >= 0.6 is 0 Å². The molecule has 0 saturated heterocycles. The lowest BCUT2D eigenvalue weighted by Gasteiger charge is -2.22. The van der Waals surface area contributed by atoms with Crippen LogP contribution in [-0.2, 0) is 15.9 Å². The number of benzene rings is 1. The van der Waals surface area contributed by atoms with Crippen LogP contribution < -0.4 is 5.32 Å². The number of carbonyl (C=O) groups is 2. The van der Waals surface area contributed by atoms with Crippen molar-refractivity contribution in [2.24, 2.45) is 0 Å². The predicted molar refractivity (Wildman–Crippen MR) is 81.7 cm³/mol. The number of hydrogen-bond donors (Lipinski definition) is 2. The Morgan fingerprint density at radius 2 is 1.82 bits per heavy atom. The number of aliphatic hydroxyl groups excluding tert-OH is 1. The first-order valence-corrected chi connectivity index (χ1v) is 7.03. The molecule has 2 N–H and O–H groups in total. The number of alkyl carbamates (subject to hydrolysis) is 1. The van der Waals surface area contributed by atoms with E-state index in [-0.39, 0.29) is 6.61 Å². The maximum Gasteiger partial charge on any atom is 0.407 e. The molecule has 6 heteroatoms. The number of amides is 1. The topological polar surface area (TPSA) is 84.9 Å². The number of rotatable bonds is 5. The first-order valence-electron chi connectivity index (χ1n) is 7.03. The zero-order valence-electron chi connectivity index (χ0n) is 13.4. The second-order valence-electron chi connectivity index (χ2n) is 5.92. The fourth-order valence-corrected chi connectivity index (χ4v) is 1.81. The monoisotopic (exact) mass is 309 g/mol. The number of nitrogens with one attached hydrogen (secondary N) is 1. The van der Waals surface area contributed by atoms with E-state index in [1.54, 1.807) is 45.0 Å². The van der Waals surface area contributed by atoms with Gasteiger partial charge in [0.05, 0.1) is 25.3 Å². The Morgan fingerprint density at radius 1 is 1.23 bits per heavy atom.